The van der Waals surface area contributed by atoms with Gasteiger partial charge in [0, 0.05) is 31.2 Å². The Hall–Kier alpha value is -0.120. The summed E-state index contributed by atoms with van der Waals surface area (Å²) in [5.41, 5.74) is 6.24. The normalized spacial score (nSPS) is 31.2. The van der Waals surface area contributed by atoms with Gasteiger partial charge in [0.2, 0.25) is 0 Å². The molecule has 0 bridgehead atoms. The highest BCUT2D eigenvalue weighted by molar-refractivity contribution is 4.89. The summed E-state index contributed by atoms with van der Waals surface area (Å²) >= 11 is 0. The molecule has 0 aromatic carbocycles. The van der Waals surface area contributed by atoms with Crippen molar-refractivity contribution in [1.82, 2.24) is 4.90 Å². The Morgan fingerprint density at radius 1 is 1.29 bits per heavy atom. The lowest BCUT2D eigenvalue weighted by Gasteiger charge is -2.39. The number of nitrogens with zero attached hydrogens (tertiary/aromatic N) is 1. The van der Waals surface area contributed by atoms with Crippen molar-refractivity contribution < 1.29 is 4.74 Å². The molecule has 17 heavy (non-hydrogen) atoms. The summed E-state index contributed by atoms with van der Waals surface area (Å²) in [5, 5.41) is 0. The Morgan fingerprint density at radius 3 is 2.59 bits per heavy atom. The van der Waals surface area contributed by atoms with Crippen LogP contribution >= 0.6 is 0 Å². The summed E-state index contributed by atoms with van der Waals surface area (Å²) in [6.07, 6.45) is 8.16. The Morgan fingerprint density at radius 2 is 2.06 bits per heavy atom. The molecule has 2 N–H and O–H groups in total. The molecule has 0 radical (unpaired) electrons. The third-order valence-electron chi connectivity index (χ3n) is 4.65. The first-order chi connectivity index (χ1) is 8.29. The van der Waals surface area contributed by atoms with E-state index in [0.717, 1.165) is 45.3 Å². The van der Waals surface area contributed by atoms with E-state index in [0.29, 0.717) is 0 Å². The molecule has 0 aromatic rings. The van der Waals surface area contributed by atoms with Crippen molar-refractivity contribution in [2.45, 2.75) is 51.5 Å². The fourth-order valence-electron chi connectivity index (χ4n) is 3.38. The monoisotopic (exact) mass is 240 g/mol. The molecule has 100 valence electrons. The fourth-order valence-corrected chi connectivity index (χ4v) is 3.38. The molecule has 3 nitrogen and oxygen atoms in total. The van der Waals surface area contributed by atoms with Crippen molar-refractivity contribution >= 4 is 0 Å². The van der Waals surface area contributed by atoms with Crippen molar-refractivity contribution in [2.24, 2.45) is 11.1 Å². The van der Waals surface area contributed by atoms with Crippen LogP contribution < -0.4 is 5.73 Å². The highest BCUT2D eigenvalue weighted by Gasteiger charge is 2.36. The minimum Gasteiger partial charge on any atom is -0.381 e. The molecule has 1 heterocycles. The van der Waals surface area contributed by atoms with E-state index in [1.165, 1.54) is 32.1 Å². The fraction of sp³-hybridized carbons (Fsp3) is 1.00. The van der Waals surface area contributed by atoms with Crippen molar-refractivity contribution in [3.63, 3.8) is 0 Å². The molecule has 2 aliphatic rings. The Labute approximate surface area is 106 Å². The molecule has 2 fully saturated rings. The van der Waals surface area contributed by atoms with Crippen LogP contribution in [-0.2, 0) is 4.74 Å². The van der Waals surface area contributed by atoms with Crippen LogP contribution in [0.3, 0.4) is 0 Å². The second-order valence-corrected chi connectivity index (χ2v) is 5.86. The molecule has 3 heteroatoms. The molecule has 1 aliphatic heterocycles. The summed E-state index contributed by atoms with van der Waals surface area (Å²) in [4.78, 5) is 2.67. The standard InChI is InChI=1S/C14H28N2O/c1-2-16(13-6-4-3-5-7-13)11-14(10-15)8-9-17-12-14/h13H,2-12,15H2,1H3. The zero-order chi connectivity index (χ0) is 12.1. The van der Waals surface area contributed by atoms with Crippen molar-refractivity contribution in [1.29, 1.82) is 0 Å². The van der Waals surface area contributed by atoms with Gasteiger partial charge in [-0.15, -0.1) is 0 Å². The Kier molecular flexibility index (Phi) is 4.83. The van der Waals surface area contributed by atoms with Gasteiger partial charge in [0.05, 0.1) is 6.61 Å². The SMILES string of the molecule is CCN(CC1(CN)CCOC1)C1CCCCC1. The third-order valence-corrected chi connectivity index (χ3v) is 4.65. The van der Waals surface area contributed by atoms with E-state index in [2.05, 4.69) is 11.8 Å². The first-order valence-electron chi connectivity index (χ1n) is 7.31. The number of rotatable bonds is 5. The van der Waals surface area contributed by atoms with Crippen LogP contribution in [-0.4, -0.2) is 43.8 Å². The minimum absolute atomic E-state index is 0.244. The lowest BCUT2D eigenvalue weighted by atomic mass is 9.85. The van der Waals surface area contributed by atoms with Crippen molar-refractivity contribution in [3.8, 4) is 0 Å². The van der Waals surface area contributed by atoms with Crippen LogP contribution in [0.5, 0.6) is 0 Å². The van der Waals surface area contributed by atoms with Crippen molar-refractivity contribution in [2.75, 3.05) is 32.8 Å². The van der Waals surface area contributed by atoms with E-state index in [4.69, 9.17) is 10.5 Å². The highest BCUT2D eigenvalue weighted by Crippen LogP contribution is 2.31. The minimum atomic E-state index is 0.244. The van der Waals surface area contributed by atoms with Gasteiger partial charge in [-0.2, -0.15) is 0 Å². The third kappa shape index (κ3) is 3.21. The molecule has 1 atom stereocenters. The summed E-state index contributed by atoms with van der Waals surface area (Å²) in [6.45, 7) is 7.13. The van der Waals surface area contributed by atoms with E-state index in [1.54, 1.807) is 0 Å². The van der Waals surface area contributed by atoms with E-state index >= 15 is 0 Å². The predicted molar refractivity (Wildman–Crippen MR) is 71.0 cm³/mol. The topological polar surface area (TPSA) is 38.5 Å². The lowest BCUT2D eigenvalue weighted by Crippen LogP contribution is -2.47. The van der Waals surface area contributed by atoms with Gasteiger partial charge < -0.3 is 10.5 Å². The number of hydrogen-bond donors (Lipinski definition) is 1. The van der Waals surface area contributed by atoms with Gasteiger partial charge in [-0.1, -0.05) is 26.2 Å². The van der Waals surface area contributed by atoms with Gasteiger partial charge in [0.25, 0.3) is 0 Å². The predicted octanol–water partition coefficient (Wildman–Crippen LogP) is 2.01. The largest absolute Gasteiger partial charge is 0.381 e. The maximum atomic E-state index is 5.99. The average Bonchev–Trinajstić information content (AvgIpc) is 2.86. The van der Waals surface area contributed by atoms with Gasteiger partial charge in [-0.05, 0) is 25.8 Å². The molecule has 2 rings (SSSR count). The van der Waals surface area contributed by atoms with E-state index in [1.807, 2.05) is 0 Å². The zero-order valence-electron chi connectivity index (χ0n) is 11.3. The molecule has 1 saturated carbocycles. The molecule has 0 spiro atoms. The van der Waals surface area contributed by atoms with Gasteiger partial charge in [0.1, 0.15) is 0 Å². The second-order valence-electron chi connectivity index (χ2n) is 5.86. The van der Waals surface area contributed by atoms with Crippen LogP contribution in [0.4, 0.5) is 0 Å². The van der Waals surface area contributed by atoms with Crippen LogP contribution in [0.2, 0.25) is 0 Å². The molecular formula is C14H28N2O. The summed E-state index contributed by atoms with van der Waals surface area (Å²) < 4.78 is 5.58. The van der Waals surface area contributed by atoms with Crippen LogP contribution in [0.25, 0.3) is 0 Å². The average molecular weight is 240 g/mol. The summed E-state index contributed by atoms with van der Waals surface area (Å²) in [7, 11) is 0. The molecule has 1 aliphatic carbocycles. The maximum Gasteiger partial charge on any atom is 0.0547 e. The molecule has 1 unspecified atom stereocenters. The smallest absolute Gasteiger partial charge is 0.0547 e. The van der Waals surface area contributed by atoms with Crippen molar-refractivity contribution in [3.05, 3.63) is 0 Å². The number of ether oxygens (including phenoxy) is 1. The number of nitrogens with two attached hydrogens (primary N) is 1. The van der Waals surface area contributed by atoms with Gasteiger partial charge in [-0.25, -0.2) is 0 Å². The first-order valence-corrected chi connectivity index (χ1v) is 7.31. The maximum absolute atomic E-state index is 5.99. The molecule has 0 aromatic heterocycles. The molecular weight excluding hydrogens is 212 g/mol. The first kappa shape index (κ1) is 13.3. The molecule has 1 saturated heterocycles. The van der Waals surface area contributed by atoms with Gasteiger partial charge >= 0.3 is 0 Å². The van der Waals surface area contributed by atoms with Crippen LogP contribution in [0, 0.1) is 5.41 Å². The molecule has 0 amide bonds. The van der Waals surface area contributed by atoms with E-state index in [9.17, 15) is 0 Å². The van der Waals surface area contributed by atoms with E-state index in [-0.39, 0.29) is 5.41 Å². The Balaban J connectivity index is 1.93. The summed E-state index contributed by atoms with van der Waals surface area (Å²) in [5.74, 6) is 0. The van der Waals surface area contributed by atoms with Gasteiger partial charge in [0.15, 0.2) is 0 Å². The van der Waals surface area contributed by atoms with Crippen LogP contribution in [0.1, 0.15) is 45.4 Å². The number of hydrogen-bond acceptors (Lipinski definition) is 3. The Bertz CT molecular complexity index is 220. The lowest BCUT2D eigenvalue weighted by molar-refractivity contribution is 0.0800. The zero-order valence-corrected chi connectivity index (χ0v) is 11.3. The van der Waals surface area contributed by atoms with Gasteiger partial charge in [-0.3, -0.25) is 4.90 Å². The van der Waals surface area contributed by atoms with Crippen LogP contribution in [0.15, 0.2) is 0 Å². The quantitative estimate of drug-likeness (QED) is 0.799. The highest BCUT2D eigenvalue weighted by atomic mass is 16.5. The summed E-state index contributed by atoms with van der Waals surface area (Å²) in [6, 6.07) is 0.803. The van der Waals surface area contributed by atoms with E-state index < -0.39 is 0 Å². The second kappa shape index (κ2) is 6.17.